The molecule has 24 heavy (non-hydrogen) atoms. The molecule has 126 valence electrons. The highest BCUT2D eigenvalue weighted by atomic mass is 16.3. The average Bonchev–Trinajstić information content (AvgIpc) is 2.94. The second kappa shape index (κ2) is 6.47. The van der Waals surface area contributed by atoms with Gasteiger partial charge in [0, 0.05) is 32.3 Å². The van der Waals surface area contributed by atoms with Crippen molar-refractivity contribution in [2.75, 3.05) is 18.4 Å². The van der Waals surface area contributed by atoms with E-state index in [0.717, 1.165) is 12.8 Å². The zero-order valence-electron chi connectivity index (χ0n) is 13.8. The van der Waals surface area contributed by atoms with E-state index in [0.29, 0.717) is 29.7 Å². The maximum Gasteiger partial charge on any atom is 0.229 e. The van der Waals surface area contributed by atoms with Crippen LogP contribution in [0.15, 0.2) is 28.7 Å². The molecule has 6 heteroatoms. The number of hydrogen-bond donors (Lipinski definition) is 1. The van der Waals surface area contributed by atoms with Gasteiger partial charge < -0.3 is 14.6 Å². The van der Waals surface area contributed by atoms with Crippen LogP contribution < -0.4 is 5.32 Å². The Bertz CT molecular complexity index is 808. The van der Waals surface area contributed by atoms with Gasteiger partial charge in [-0.3, -0.25) is 14.4 Å². The number of amides is 2. The van der Waals surface area contributed by atoms with Crippen LogP contribution in [0.4, 0.5) is 5.69 Å². The fraction of sp³-hybridized carbons (Fsp3) is 0.389. The summed E-state index contributed by atoms with van der Waals surface area (Å²) in [6.45, 7) is 4.02. The SMILES string of the molecule is CC(=O)c1oc2ccccc2c1NC(=O)C1CCCN(C(C)=O)C1. The van der Waals surface area contributed by atoms with Crippen molar-refractivity contribution < 1.29 is 18.8 Å². The normalized spacial score (nSPS) is 17.8. The van der Waals surface area contributed by atoms with E-state index in [9.17, 15) is 14.4 Å². The summed E-state index contributed by atoms with van der Waals surface area (Å²) in [6, 6.07) is 7.21. The maximum atomic E-state index is 12.7. The molecule has 1 N–H and O–H groups in total. The van der Waals surface area contributed by atoms with Crippen molar-refractivity contribution in [1.29, 1.82) is 0 Å². The number of carbonyl (C=O) groups is 3. The standard InChI is InChI=1S/C18H20N2O4/c1-11(21)17-16(14-7-3-4-8-15(14)24-17)19-18(23)13-6-5-9-20(10-13)12(2)22/h3-4,7-8,13H,5-6,9-10H2,1-2H3,(H,19,23). The fourth-order valence-electron chi connectivity index (χ4n) is 3.12. The molecule has 0 bridgehead atoms. The molecule has 6 nitrogen and oxygen atoms in total. The highest BCUT2D eigenvalue weighted by molar-refractivity contribution is 6.11. The van der Waals surface area contributed by atoms with Gasteiger partial charge in [-0.2, -0.15) is 0 Å². The molecule has 1 aliphatic heterocycles. The summed E-state index contributed by atoms with van der Waals surface area (Å²) in [5.41, 5.74) is 0.982. The van der Waals surface area contributed by atoms with Gasteiger partial charge in [0.2, 0.25) is 11.8 Å². The number of nitrogens with zero attached hydrogens (tertiary/aromatic N) is 1. The van der Waals surface area contributed by atoms with Crippen LogP contribution in [0.25, 0.3) is 11.0 Å². The Labute approximate surface area is 139 Å². The van der Waals surface area contributed by atoms with Gasteiger partial charge in [-0.25, -0.2) is 0 Å². The van der Waals surface area contributed by atoms with Gasteiger partial charge in [0.25, 0.3) is 0 Å². The van der Waals surface area contributed by atoms with Crippen LogP contribution in [-0.2, 0) is 9.59 Å². The number of hydrogen-bond acceptors (Lipinski definition) is 4. The van der Waals surface area contributed by atoms with Crippen LogP contribution in [0, 0.1) is 5.92 Å². The topological polar surface area (TPSA) is 79.6 Å². The summed E-state index contributed by atoms with van der Waals surface area (Å²) in [5, 5.41) is 3.56. The summed E-state index contributed by atoms with van der Waals surface area (Å²) < 4.78 is 5.58. The van der Waals surface area contributed by atoms with Crippen LogP contribution in [0.3, 0.4) is 0 Å². The number of likely N-dealkylation sites (tertiary alicyclic amines) is 1. The Morgan fingerprint density at radius 1 is 1.21 bits per heavy atom. The molecule has 1 atom stereocenters. The quantitative estimate of drug-likeness (QED) is 0.879. The predicted octanol–water partition coefficient (Wildman–Crippen LogP) is 2.83. The number of para-hydroxylation sites is 1. The van der Waals surface area contributed by atoms with Crippen molar-refractivity contribution in [2.24, 2.45) is 5.92 Å². The summed E-state index contributed by atoms with van der Waals surface area (Å²) in [6.07, 6.45) is 1.52. The van der Waals surface area contributed by atoms with Gasteiger partial charge in [0.15, 0.2) is 11.5 Å². The van der Waals surface area contributed by atoms with Crippen molar-refractivity contribution in [1.82, 2.24) is 4.90 Å². The van der Waals surface area contributed by atoms with Crippen molar-refractivity contribution in [3.63, 3.8) is 0 Å². The number of benzene rings is 1. The van der Waals surface area contributed by atoms with E-state index in [2.05, 4.69) is 5.32 Å². The number of piperidine rings is 1. The lowest BCUT2D eigenvalue weighted by Crippen LogP contribution is -2.42. The average molecular weight is 328 g/mol. The molecule has 1 unspecified atom stereocenters. The molecule has 1 aliphatic rings. The monoisotopic (exact) mass is 328 g/mol. The van der Waals surface area contributed by atoms with E-state index >= 15 is 0 Å². The molecule has 0 radical (unpaired) electrons. The molecule has 1 aromatic carbocycles. The van der Waals surface area contributed by atoms with Crippen LogP contribution >= 0.6 is 0 Å². The number of rotatable bonds is 3. The lowest BCUT2D eigenvalue weighted by atomic mass is 9.97. The Morgan fingerprint density at radius 2 is 1.96 bits per heavy atom. The van der Waals surface area contributed by atoms with E-state index in [-0.39, 0.29) is 29.3 Å². The molecular formula is C18H20N2O4. The van der Waals surface area contributed by atoms with E-state index in [1.54, 1.807) is 11.0 Å². The number of nitrogens with one attached hydrogen (secondary N) is 1. The van der Waals surface area contributed by atoms with Crippen molar-refractivity contribution in [2.45, 2.75) is 26.7 Å². The van der Waals surface area contributed by atoms with Gasteiger partial charge in [-0.15, -0.1) is 0 Å². The fourth-order valence-corrected chi connectivity index (χ4v) is 3.12. The van der Waals surface area contributed by atoms with Crippen LogP contribution in [-0.4, -0.2) is 35.6 Å². The minimum Gasteiger partial charge on any atom is -0.451 e. The minimum atomic E-state index is -0.281. The molecule has 2 amide bonds. The third-order valence-corrected chi connectivity index (χ3v) is 4.40. The van der Waals surface area contributed by atoms with E-state index < -0.39 is 0 Å². The van der Waals surface area contributed by atoms with E-state index in [1.807, 2.05) is 18.2 Å². The number of furan rings is 1. The van der Waals surface area contributed by atoms with E-state index in [4.69, 9.17) is 4.42 Å². The molecule has 1 aromatic heterocycles. The second-order valence-electron chi connectivity index (χ2n) is 6.15. The van der Waals surface area contributed by atoms with Crippen LogP contribution in [0.5, 0.6) is 0 Å². The first-order chi connectivity index (χ1) is 11.5. The van der Waals surface area contributed by atoms with E-state index in [1.165, 1.54) is 13.8 Å². The molecule has 0 spiro atoms. The van der Waals surface area contributed by atoms with Crippen molar-refractivity contribution in [3.8, 4) is 0 Å². The van der Waals surface area contributed by atoms with Crippen molar-refractivity contribution >= 4 is 34.3 Å². The Hall–Kier alpha value is -2.63. The first-order valence-corrected chi connectivity index (χ1v) is 8.06. The Kier molecular flexibility index (Phi) is 4.38. The van der Waals surface area contributed by atoms with Gasteiger partial charge in [-0.05, 0) is 25.0 Å². The lowest BCUT2D eigenvalue weighted by Gasteiger charge is -2.31. The minimum absolute atomic E-state index is 0.0225. The summed E-state index contributed by atoms with van der Waals surface area (Å²) in [4.78, 5) is 37.7. The zero-order chi connectivity index (χ0) is 17.3. The molecule has 3 rings (SSSR count). The third kappa shape index (κ3) is 3.04. The highest BCUT2D eigenvalue weighted by Gasteiger charge is 2.29. The van der Waals surface area contributed by atoms with Crippen LogP contribution in [0.2, 0.25) is 0 Å². The summed E-state index contributed by atoms with van der Waals surface area (Å²) in [5.74, 6) is -0.573. The summed E-state index contributed by atoms with van der Waals surface area (Å²) >= 11 is 0. The zero-order valence-corrected chi connectivity index (χ0v) is 13.8. The third-order valence-electron chi connectivity index (χ3n) is 4.40. The van der Waals surface area contributed by atoms with Gasteiger partial charge in [-0.1, -0.05) is 12.1 Å². The molecule has 0 aliphatic carbocycles. The molecule has 2 heterocycles. The Morgan fingerprint density at radius 3 is 2.67 bits per heavy atom. The number of anilines is 1. The number of fused-ring (bicyclic) bond motifs is 1. The molecule has 1 saturated heterocycles. The predicted molar refractivity (Wildman–Crippen MR) is 89.8 cm³/mol. The maximum absolute atomic E-state index is 12.7. The van der Waals surface area contributed by atoms with Crippen LogP contribution in [0.1, 0.15) is 37.2 Å². The Balaban J connectivity index is 1.86. The van der Waals surface area contributed by atoms with Crippen molar-refractivity contribution in [3.05, 3.63) is 30.0 Å². The molecule has 2 aromatic rings. The second-order valence-corrected chi connectivity index (χ2v) is 6.15. The van der Waals surface area contributed by atoms with Gasteiger partial charge in [0.1, 0.15) is 5.58 Å². The highest BCUT2D eigenvalue weighted by Crippen LogP contribution is 2.32. The molecule has 0 saturated carbocycles. The summed E-state index contributed by atoms with van der Waals surface area (Å²) in [7, 11) is 0. The molecule has 1 fully saturated rings. The number of carbonyl (C=O) groups excluding carboxylic acids is 3. The lowest BCUT2D eigenvalue weighted by molar-refractivity contribution is -0.132. The van der Waals surface area contributed by atoms with Gasteiger partial charge >= 0.3 is 0 Å². The largest absolute Gasteiger partial charge is 0.451 e. The van der Waals surface area contributed by atoms with Gasteiger partial charge in [0.05, 0.1) is 11.6 Å². The smallest absolute Gasteiger partial charge is 0.229 e. The first-order valence-electron chi connectivity index (χ1n) is 8.06. The molecular weight excluding hydrogens is 308 g/mol. The first kappa shape index (κ1) is 16.2. The number of Topliss-reactive ketones (excluding diaryl/α,β-unsaturated/α-hetero) is 1. The number of ketones is 1.